The van der Waals surface area contributed by atoms with E-state index in [-0.39, 0.29) is 11.8 Å². The fourth-order valence-electron chi connectivity index (χ4n) is 2.55. The van der Waals surface area contributed by atoms with Crippen molar-refractivity contribution < 1.29 is 19.1 Å². The SMILES string of the molecule is CNC(=O)c1ccc(NC(=O)/C=C/c2cc(Cl)c3c(c2)OCCCO3)cc1. The lowest BCUT2D eigenvalue weighted by atomic mass is 10.1. The Morgan fingerprint density at radius 1 is 1.11 bits per heavy atom. The predicted molar refractivity (Wildman–Crippen MR) is 105 cm³/mol. The van der Waals surface area contributed by atoms with Gasteiger partial charge >= 0.3 is 0 Å². The number of benzene rings is 2. The van der Waals surface area contributed by atoms with E-state index in [1.807, 2.05) is 0 Å². The molecule has 7 heteroatoms. The Morgan fingerprint density at radius 2 is 1.85 bits per heavy atom. The van der Waals surface area contributed by atoms with Crippen LogP contribution in [0.25, 0.3) is 6.08 Å². The Balaban J connectivity index is 1.67. The maximum atomic E-state index is 12.1. The molecule has 0 radical (unpaired) electrons. The average Bonchev–Trinajstić information content (AvgIpc) is 2.92. The van der Waals surface area contributed by atoms with Crippen molar-refractivity contribution in [3.8, 4) is 11.5 Å². The summed E-state index contributed by atoms with van der Waals surface area (Å²) in [6.07, 6.45) is 3.84. The van der Waals surface area contributed by atoms with Crippen molar-refractivity contribution >= 4 is 35.2 Å². The Morgan fingerprint density at radius 3 is 2.59 bits per heavy atom. The summed E-state index contributed by atoms with van der Waals surface area (Å²) < 4.78 is 11.2. The first-order valence-corrected chi connectivity index (χ1v) is 8.85. The van der Waals surface area contributed by atoms with E-state index in [2.05, 4.69) is 10.6 Å². The predicted octanol–water partition coefficient (Wildman–Crippen LogP) is 3.51. The second-order valence-corrected chi connectivity index (χ2v) is 6.27. The van der Waals surface area contributed by atoms with Crippen LogP contribution in [0.4, 0.5) is 5.69 Å². The number of halogens is 1. The van der Waals surface area contributed by atoms with Crippen LogP contribution in [0.5, 0.6) is 11.5 Å². The topological polar surface area (TPSA) is 76.7 Å². The van der Waals surface area contributed by atoms with E-state index < -0.39 is 0 Å². The first kappa shape index (κ1) is 18.8. The quantitative estimate of drug-likeness (QED) is 0.788. The molecule has 2 amide bonds. The van der Waals surface area contributed by atoms with Crippen LogP contribution in [-0.4, -0.2) is 32.1 Å². The maximum Gasteiger partial charge on any atom is 0.251 e. The maximum absolute atomic E-state index is 12.1. The lowest BCUT2D eigenvalue weighted by Gasteiger charge is -2.10. The van der Waals surface area contributed by atoms with E-state index in [0.29, 0.717) is 41.0 Å². The number of nitrogens with one attached hydrogen (secondary N) is 2. The van der Waals surface area contributed by atoms with Gasteiger partial charge in [-0.05, 0) is 48.0 Å². The fourth-order valence-corrected chi connectivity index (χ4v) is 2.83. The lowest BCUT2D eigenvalue weighted by Crippen LogP contribution is -2.17. The number of ether oxygens (including phenoxy) is 2. The molecular formula is C20H19ClN2O4. The van der Waals surface area contributed by atoms with Crippen molar-refractivity contribution in [3.63, 3.8) is 0 Å². The van der Waals surface area contributed by atoms with Gasteiger partial charge in [-0.15, -0.1) is 0 Å². The molecule has 0 saturated heterocycles. The van der Waals surface area contributed by atoms with Gasteiger partial charge < -0.3 is 20.1 Å². The number of carbonyl (C=O) groups is 2. The van der Waals surface area contributed by atoms with E-state index in [1.54, 1.807) is 49.5 Å². The van der Waals surface area contributed by atoms with Crippen molar-refractivity contribution in [1.82, 2.24) is 5.32 Å². The zero-order chi connectivity index (χ0) is 19.2. The van der Waals surface area contributed by atoms with Gasteiger partial charge in [0.1, 0.15) is 0 Å². The van der Waals surface area contributed by atoms with E-state index in [0.717, 1.165) is 12.0 Å². The Labute approximate surface area is 162 Å². The summed E-state index contributed by atoms with van der Waals surface area (Å²) >= 11 is 6.25. The monoisotopic (exact) mass is 386 g/mol. The standard InChI is InChI=1S/C20H19ClN2O4/c1-22-20(25)14-4-6-15(7-5-14)23-18(24)8-3-13-11-16(21)19-17(12-13)26-9-2-10-27-19/h3-8,11-12H,2,9-10H2,1H3,(H,22,25)(H,23,24)/b8-3+. The van der Waals surface area contributed by atoms with Crippen molar-refractivity contribution in [2.75, 3.05) is 25.6 Å². The van der Waals surface area contributed by atoms with Crippen LogP contribution in [0.1, 0.15) is 22.3 Å². The molecular weight excluding hydrogens is 368 g/mol. The van der Waals surface area contributed by atoms with Crippen LogP contribution in [0.15, 0.2) is 42.5 Å². The zero-order valence-electron chi connectivity index (χ0n) is 14.8. The van der Waals surface area contributed by atoms with Gasteiger partial charge in [-0.2, -0.15) is 0 Å². The van der Waals surface area contributed by atoms with Crippen LogP contribution < -0.4 is 20.1 Å². The third-order valence-electron chi connectivity index (χ3n) is 3.89. The number of fused-ring (bicyclic) bond motifs is 1. The van der Waals surface area contributed by atoms with E-state index >= 15 is 0 Å². The van der Waals surface area contributed by atoms with Gasteiger partial charge in [0.05, 0.1) is 18.2 Å². The van der Waals surface area contributed by atoms with E-state index in [4.69, 9.17) is 21.1 Å². The molecule has 140 valence electrons. The highest BCUT2D eigenvalue weighted by Crippen LogP contribution is 2.38. The van der Waals surface area contributed by atoms with Gasteiger partial charge in [-0.3, -0.25) is 9.59 Å². The Bertz CT molecular complexity index is 878. The first-order valence-electron chi connectivity index (χ1n) is 8.47. The highest BCUT2D eigenvalue weighted by molar-refractivity contribution is 6.32. The van der Waals surface area contributed by atoms with Crippen LogP contribution in [0, 0.1) is 0 Å². The number of hydrogen-bond acceptors (Lipinski definition) is 4. The number of carbonyl (C=O) groups excluding carboxylic acids is 2. The normalized spacial score (nSPS) is 13.1. The number of amides is 2. The molecule has 0 spiro atoms. The summed E-state index contributed by atoms with van der Waals surface area (Å²) in [5.74, 6) is 0.627. The summed E-state index contributed by atoms with van der Waals surface area (Å²) in [7, 11) is 1.56. The first-order chi connectivity index (χ1) is 13.1. The summed E-state index contributed by atoms with van der Waals surface area (Å²) in [6, 6.07) is 10.1. The molecule has 0 fully saturated rings. The molecule has 1 heterocycles. The summed E-state index contributed by atoms with van der Waals surface area (Å²) in [5.41, 5.74) is 1.84. The molecule has 1 aliphatic rings. The molecule has 6 nitrogen and oxygen atoms in total. The summed E-state index contributed by atoms with van der Waals surface area (Å²) in [5, 5.41) is 5.72. The highest BCUT2D eigenvalue weighted by Gasteiger charge is 2.15. The molecule has 2 aromatic rings. The van der Waals surface area contributed by atoms with E-state index in [1.165, 1.54) is 6.08 Å². The largest absolute Gasteiger partial charge is 0.489 e. The van der Waals surface area contributed by atoms with Crippen LogP contribution in [0.3, 0.4) is 0 Å². The molecule has 0 atom stereocenters. The third kappa shape index (κ3) is 4.80. The molecule has 1 aliphatic heterocycles. The molecule has 0 bridgehead atoms. The van der Waals surface area contributed by atoms with Crippen molar-refractivity contribution in [2.45, 2.75) is 6.42 Å². The van der Waals surface area contributed by atoms with Crippen molar-refractivity contribution in [3.05, 3.63) is 58.6 Å². The minimum absolute atomic E-state index is 0.181. The van der Waals surface area contributed by atoms with Gasteiger partial charge in [-0.1, -0.05) is 11.6 Å². The lowest BCUT2D eigenvalue weighted by molar-refractivity contribution is -0.111. The molecule has 0 aliphatic carbocycles. The molecule has 2 N–H and O–H groups in total. The van der Waals surface area contributed by atoms with Crippen LogP contribution in [0.2, 0.25) is 5.02 Å². The Kier molecular flexibility index (Phi) is 5.98. The van der Waals surface area contributed by atoms with E-state index in [9.17, 15) is 9.59 Å². The number of anilines is 1. The molecule has 0 saturated carbocycles. The summed E-state index contributed by atoms with van der Waals surface area (Å²) in [6.45, 7) is 1.12. The van der Waals surface area contributed by atoms with Crippen LogP contribution in [-0.2, 0) is 4.79 Å². The molecule has 27 heavy (non-hydrogen) atoms. The fraction of sp³-hybridized carbons (Fsp3) is 0.200. The third-order valence-corrected chi connectivity index (χ3v) is 4.17. The van der Waals surface area contributed by atoms with Crippen molar-refractivity contribution in [2.24, 2.45) is 0 Å². The van der Waals surface area contributed by atoms with Gasteiger partial charge in [0.2, 0.25) is 5.91 Å². The minimum Gasteiger partial charge on any atom is -0.489 e. The van der Waals surface area contributed by atoms with Crippen molar-refractivity contribution in [1.29, 1.82) is 0 Å². The smallest absolute Gasteiger partial charge is 0.251 e. The average molecular weight is 387 g/mol. The van der Waals surface area contributed by atoms with Gasteiger partial charge in [0.15, 0.2) is 11.5 Å². The second-order valence-electron chi connectivity index (χ2n) is 5.86. The molecule has 0 aromatic heterocycles. The highest BCUT2D eigenvalue weighted by atomic mass is 35.5. The molecule has 2 aromatic carbocycles. The minimum atomic E-state index is -0.300. The number of rotatable bonds is 4. The van der Waals surface area contributed by atoms with Gasteiger partial charge in [0, 0.05) is 30.8 Å². The van der Waals surface area contributed by atoms with Gasteiger partial charge in [0.25, 0.3) is 5.91 Å². The van der Waals surface area contributed by atoms with Crippen LogP contribution >= 0.6 is 11.6 Å². The Hall–Kier alpha value is -2.99. The second kappa shape index (κ2) is 8.60. The number of hydrogen-bond donors (Lipinski definition) is 2. The molecule has 3 rings (SSSR count). The van der Waals surface area contributed by atoms with Gasteiger partial charge in [-0.25, -0.2) is 0 Å². The zero-order valence-corrected chi connectivity index (χ0v) is 15.5. The summed E-state index contributed by atoms with van der Waals surface area (Å²) in [4.78, 5) is 23.6. The molecule has 0 unspecified atom stereocenters.